The highest BCUT2D eigenvalue weighted by atomic mass is 35.5. The Labute approximate surface area is 118 Å². The van der Waals surface area contributed by atoms with Crippen molar-refractivity contribution in [2.45, 2.75) is 12.8 Å². The number of hydrogen-bond donors (Lipinski definition) is 0. The van der Waals surface area contributed by atoms with Crippen molar-refractivity contribution in [1.29, 1.82) is 0 Å². The second-order valence-electron chi connectivity index (χ2n) is 3.68. The Hall–Kier alpha value is -1.66. The minimum Gasteiger partial charge on any atom is -0.420 e. The van der Waals surface area contributed by atoms with Crippen LogP contribution in [0.4, 0.5) is 5.69 Å². The van der Waals surface area contributed by atoms with Crippen molar-refractivity contribution in [1.82, 2.24) is 10.2 Å². The molecule has 0 aliphatic heterocycles. The molecule has 0 bridgehead atoms. The van der Waals surface area contributed by atoms with Crippen molar-refractivity contribution in [3.05, 3.63) is 39.2 Å². The summed E-state index contributed by atoms with van der Waals surface area (Å²) in [5.41, 5.74) is -0.0289. The number of nitro groups is 1. The van der Waals surface area contributed by atoms with E-state index in [1.54, 1.807) is 0 Å². The third-order valence-corrected chi connectivity index (χ3v) is 2.98. The zero-order valence-corrected chi connectivity index (χ0v) is 11.2. The summed E-state index contributed by atoms with van der Waals surface area (Å²) >= 11 is 11.5. The van der Waals surface area contributed by atoms with Gasteiger partial charge in [0.1, 0.15) is 5.56 Å². The zero-order valence-electron chi connectivity index (χ0n) is 9.68. The van der Waals surface area contributed by atoms with E-state index in [1.807, 2.05) is 0 Å². The molecule has 1 aromatic carbocycles. The first-order valence-corrected chi connectivity index (χ1v) is 6.36. The molecule has 0 saturated heterocycles. The van der Waals surface area contributed by atoms with Gasteiger partial charge in [-0.3, -0.25) is 10.1 Å². The molecule has 2 aromatic rings. The normalized spacial score (nSPS) is 10.6. The minimum atomic E-state index is -0.538. The Morgan fingerprint density at radius 2 is 2.16 bits per heavy atom. The molecular weight excluding hydrogens is 293 g/mol. The summed E-state index contributed by atoms with van der Waals surface area (Å²) in [6.07, 6.45) is 1.21. The lowest BCUT2D eigenvalue weighted by molar-refractivity contribution is -0.384. The molecule has 0 aliphatic carbocycles. The maximum atomic E-state index is 11.0. The molecule has 0 spiro atoms. The molecule has 19 heavy (non-hydrogen) atoms. The van der Waals surface area contributed by atoms with Gasteiger partial charge in [0.2, 0.25) is 5.89 Å². The van der Waals surface area contributed by atoms with Gasteiger partial charge in [0.25, 0.3) is 11.6 Å². The molecule has 0 fully saturated rings. The van der Waals surface area contributed by atoms with Crippen molar-refractivity contribution in [2.24, 2.45) is 0 Å². The summed E-state index contributed by atoms with van der Waals surface area (Å²) in [4.78, 5) is 10.4. The average Bonchev–Trinajstić information content (AvgIpc) is 2.84. The van der Waals surface area contributed by atoms with Gasteiger partial charge in [0, 0.05) is 18.4 Å². The van der Waals surface area contributed by atoms with Crippen LogP contribution in [0.15, 0.2) is 22.6 Å². The number of aromatic nitrogens is 2. The second-order valence-corrected chi connectivity index (χ2v) is 4.47. The molecule has 0 N–H and O–H groups in total. The molecule has 0 amide bonds. The van der Waals surface area contributed by atoms with E-state index >= 15 is 0 Å². The van der Waals surface area contributed by atoms with E-state index in [-0.39, 0.29) is 22.2 Å². The summed E-state index contributed by atoms with van der Waals surface area (Å²) in [5.74, 6) is 0.899. The van der Waals surface area contributed by atoms with Gasteiger partial charge in [-0.15, -0.1) is 21.8 Å². The first-order chi connectivity index (χ1) is 9.13. The van der Waals surface area contributed by atoms with Crippen LogP contribution in [0, 0.1) is 10.1 Å². The van der Waals surface area contributed by atoms with Crippen molar-refractivity contribution >= 4 is 28.9 Å². The van der Waals surface area contributed by atoms with E-state index in [9.17, 15) is 10.1 Å². The molecule has 0 radical (unpaired) electrons. The van der Waals surface area contributed by atoms with E-state index in [4.69, 9.17) is 27.6 Å². The Morgan fingerprint density at radius 1 is 1.37 bits per heavy atom. The third-order valence-electron chi connectivity index (χ3n) is 2.39. The predicted molar refractivity (Wildman–Crippen MR) is 70.4 cm³/mol. The number of nitrogens with zero attached hydrogens (tertiary/aromatic N) is 3. The summed E-state index contributed by atoms with van der Waals surface area (Å²) < 4.78 is 5.37. The van der Waals surface area contributed by atoms with Crippen molar-refractivity contribution in [3.8, 4) is 11.5 Å². The number of aryl methyl sites for hydroxylation is 1. The number of alkyl halides is 1. The van der Waals surface area contributed by atoms with Gasteiger partial charge in [-0.2, -0.15) is 0 Å². The maximum absolute atomic E-state index is 11.0. The molecule has 0 saturated carbocycles. The van der Waals surface area contributed by atoms with Crippen LogP contribution in [0.3, 0.4) is 0 Å². The highest BCUT2D eigenvalue weighted by Crippen LogP contribution is 2.35. The van der Waals surface area contributed by atoms with Crippen molar-refractivity contribution in [3.63, 3.8) is 0 Å². The van der Waals surface area contributed by atoms with E-state index in [2.05, 4.69) is 10.2 Å². The SMILES string of the molecule is O=[N+]([O-])c1cccc(Cl)c1-c1nnc(CCCCl)o1. The molecule has 0 atom stereocenters. The molecule has 100 valence electrons. The first kappa shape index (κ1) is 13.8. The molecule has 2 rings (SSSR count). The van der Waals surface area contributed by atoms with Gasteiger partial charge in [-0.05, 0) is 12.5 Å². The Balaban J connectivity index is 2.41. The molecular formula is C11H9Cl2N3O3. The number of hydrogen-bond acceptors (Lipinski definition) is 5. The number of benzene rings is 1. The topological polar surface area (TPSA) is 82.1 Å². The fraction of sp³-hybridized carbons (Fsp3) is 0.273. The van der Waals surface area contributed by atoms with E-state index in [0.29, 0.717) is 24.6 Å². The van der Waals surface area contributed by atoms with E-state index in [0.717, 1.165) is 0 Å². The number of halogens is 2. The minimum absolute atomic E-state index is 0.0434. The summed E-state index contributed by atoms with van der Waals surface area (Å²) in [7, 11) is 0. The number of rotatable bonds is 5. The first-order valence-electron chi connectivity index (χ1n) is 5.45. The zero-order chi connectivity index (χ0) is 13.8. The Bertz CT molecular complexity index is 601. The lowest BCUT2D eigenvalue weighted by Gasteiger charge is -2.00. The van der Waals surface area contributed by atoms with Gasteiger partial charge < -0.3 is 4.42 Å². The molecule has 6 nitrogen and oxygen atoms in total. The summed E-state index contributed by atoms with van der Waals surface area (Å²) in [6.45, 7) is 0. The third kappa shape index (κ3) is 3.02. The molecule has 1 aromatic heterocycles. The predicted octanol–water partition coefficient (Wildman–Crippen LogP) is 3.47. The maximum Gasteiger partial charge on any atom is 0.283 e. The van der Waals surface area contributed by atoms with Gasteiger partial charge in [0.15, 0.2) is 0 Å². The van der Waals surface area contributed by atoms with Crippen LogP contribution >= 0.6 is 23.2 Å². The fourth-order valence-corrected chi connectivity index (χ4v) is 1.93. The van der Waals surface area contributed by atoms with Crippen molar-refractivity contribution in [2.75, 3.05) is 5.88 Å². The van der Waals surface area contributed by atoms with Gasteiger partial charge in [-0.1, -0.05) is 17.7 Å². The Morgan fingerprint density at radius 3 is 2.84 bits per heavy atom. The molecule has 8 heteroatoms. The highest BCUT2D eigenvalue weighted by Gasteiger charge is 2.23. The van der Waals surface area contributed by atoms with E-state index < -0.39 is 4.92 Å². The van der Waals surface area contributed by atoms with Crippen molar-refractivity contribution < 1.29 is 9.34 Å². The van der Waals surface area contributed by atoms with E-state index in [1.165, 1.54) is 18.2 Å². The largest absolute Gasteiger partial charge is 0.420 e. The highest BCUT2D eigenvalue weighted by molar-refractivity contribution is 6.33. The smallest absolute Gasteiger partial charge is 0.283 e. The standard InChI is InChI=1S/C11H9Cl2N3O3/c12-6-2-5-9-14-15-11(19-9)10-7(13)3-1-4-8(10)16(17)18/h1,3-4H,2,5-6H2. The summed E-state index contributed by atoms with van der Waals surface area (Å²) in [6, 6.07) is 4.37. The van der Waals surface area contributed by atoms with Crippen LogP contribution in [0.1, 0.15) is 12.3 Å². The lowest BCUT2D eigenvalue weighted by atomic mass is 10.2. The average molecular weight is 302 g/mol. The fourth-order valence-electron chi connectivity index (χ4n) is 1.55. The molecule has 1 heterocycles. The van der Waals surface area contributed by atoms with Gasteiger partial charge >= 0.3 is 0 Å². The monoisotopic (exact) mass is 301 g/mol. The lowest BCUT2D eigenvalue weighted by Crippen LogP contribution is -1.92. The van der Waals surface area contributed by atoms with Gasteiger partial charge in [-0.25, -0.2) is 0 Å². The van der Waals surface area contributed by atoms with Crippen LogP contribution < -0.4 is 0 Å². The summed E-state index contributed by atoms with van der Waals surface area (Å²) in [5, 5.41) is 18.8. The van der Waals surface area contributed by atoms with Crippen LogP contribution in [-0.4, -0.2) is 21.0 Å². The van der Waals surface area contributed by atoms with Crippen LogP contribution in [0.25, 0.3) is 11.5 Å². The molecule has 0 unspecified atom stereocenters. The number of nitro benzene ring substituents is 1. The van der Waals surface area contributed by atoms with Crippen LogP contribution in [-0.2, 0) is 6.42 Å². The van der Waals surface area contributed by atoms with Gasteiger partial charge in [0.05, 0.1) is 9.95 Å². The molecule has 0 aliphatic rings. The van der Waals surface area contributed by atoms with Crippen LogP contribution in [0.2, 0.25) is 5.02 Å². The second kappa shape index (κ2) is 5.99. The van der Waals surface area contributed by atoms with Crippen LogP contribution in [0.5, 0.6) is 0 Å². The quantitative estimate of drug-likeness (QED) is 0.480. The Kier molecular flexibility index (Phi) is 4.34.